The fourth-order valence-electron chi connectivity index (χ4n) is 3.80. The minimum atomic E-state index is -0.203. The molecule has 1 aliphatic heterocycles. The number of piperazine rings is 1. The maximum atomic E-state index is 12.6. The van der Waals surface area contributed by atoms with Crippen LogP contribution in [-0.4, -0.2) is 62.6 Å². The van der Waals surface area contributed by atoms with Crippen molar-refractivity contribution in [3.8, 4) is 16.2 Å². The summed E-state index contributed by atoms with van der Waals surface area (Å²) in [6.45, 7) is 8.49. The number of aromatic hydroxyl groups is 1. The van der Waals surface area contributed by atoms with Gasteiger partial charge in [-0.05, 0) is 31.0 Å². The monoisotopic (exact) mass is 410 g/mol. The Labute approximate surface area is 175 Å². The number of hydrogen-bond acceptors (Lipinski definition) is 6. The quantitative estimate of drug-likeness (QED) is 0.698. The Morgan fingerprint density at radius 1 is 1.17 bits per heavy atom. The first-order valence-corrected chi connectivity index (χ1v) is 10.8. The summed E-state index contributed by atoms with van der Waals surface area (Å²) in [6, 6.07) is 10.1. The van der Waals surface area contributed by atoms with Gasteiger partial charge < -0.3 is 5.11 Å². The molecule has 6 nitrogen and oxygen atoms in total. The second-order valence-electron chi connectivity index (χ2n) is 7.57. The van der Waals surface area contributed by atoms with Gasteiger partial charge in [-0.1, -0.05) is 24.3 Å². The molecule has 0 amide bonds. The van der Waals surface area contributed by atoms with Crippen molar-refractivity contribution in [2.45, 2.75) is 26.4 Å². The molecule has 3 heterocycles. The SMILES string of the molecule is Cc1ncsc1-c1ccc(CN2CCN([C@@H](C)C(=O)n3ccc(O)c3)CC2)cc1. The first kappa shape index (κ1) is 19.8. The fraction of sp³-hybridized carbons (Fsp3) is 0.364. The van der Waals surface area contributed by atoms with Crippen LogP contribution in [0.5, 0.6) is 5.75 Å². The van der Waals surface area contributed by atoms with E-state index in [0.29, 0.717) is 0 Å². The van der Waals surface area contributed by atoms with Crippen molar-refractivity contribution in [1.29, 1.82) is 0 Å². The van der Waals surface area contributed by atoms with Crippen LogP contribution in [0.15, 0.2) is 48.2 Å². The lowest BCUT2D eigenvalue weighted by atomic mass is 10.1. The lowest BCUT2D eigenvalue weighted by Gasteiger charge is -2.37. The smallest absolute Gasteiger partial charge is 0.247 e. The van der Waals surface area contributed by atoms with Crippen molar-refractivity contribution in [3.63, 3.8) is 0 Å². The normalized spacial score (nSPS) is 16.8. The molecule has 1 fully saturated rings. The van der Waals surface area contributed by atoms with E-state index in [-0.39, 0.29) is 17.7 Å². The number of carbonyl (C=O) groups is 1. The van der Waals surface area contributed by atoms with Crippen LogP contribution in [0.4, 0.5) is 0 Å². The molecule has 3 aromatic rings. The average Bonchev–Trinajstić information content (AvgIpc) is 3.36. The molecule has 0 saturated carbocycles. The minimum absolute atomic E-state index is 0.00676. The Kier molecular flexibility index (Phi) is 5.80. The van der Waals surface area contributed by atoms with Crippen molar-refractivity contribution in [2.75, 3.05) is 26.2 Å². The second-order valence-corrected chi connectivity index (χ2v) is 8.42. The lowest BCUT2D eigenvalue weighted by Crippen LogP contribution is -2.52. The van der Waals surface area contributed by atoms with Crippen LogP contribution in [0.3, 0.4) is 0 Å². The molecule has 1 atom stereocenters. The van der Waals surface area contributed by atoms with E-state index in [1.165, 1.54) is 32.8 Å². The Morgan fingerprint density at radius 2 is 1.90 bits per heavy atom. The van der Waals surface area contributed by atoms with Gasteiger partial charge in [0.05, 0.1) is 28.3 Å². The molecule has 0 spiro atoms. The fourth-order valence-corrected chi connectivity index (χ4v) is 4.61. The third kappa shape index (κ3) is 4.42. The number of aryl methyl sites for hydroxylation is 1. The zero-order chi connectivity index (χ0) is 20.4. The van der Waals surface area contributed by atoms with Crippen LogP contribution in [0, 0.1) is 6.92 Å². The number of rotatable bonds is 5. The van der Waals surface area contributed by atoms with Crippen LogP contribution >= 0.6 is 11.3 Å². The summed E-state index contributed by atoms with van der Waals surface area (Å²) in [7, 11) is 0. The Morgan fingerprint density at radius 3 is 2.48 bits per heavy atom. The minimum Gasteiger partial charge on any atom is -0.506 e. The molecule has 1 saturated heterocycles. The highest BCUT2D eigenvalue weighted by atomic mass is 32.1. The van der Waals surface area contributed by atoms with Gasteiger partial charge in [0.15, 0.2) is 0 Å². The summed E-state index contributed by atoms with van der Waals surface area (Å²) in [5.41, 5.74) is 5.50. The Bertz CT molecular complexity index is 971. The highest BCUT2D eigenvalue weighted by molar-refractivity contribution is 7.13. The molecule has 7 heteroatoms. The lowest BCUT2D eigenvalue weighted by molar-refractivity contribution is 0.0612. The largest absolute Gasteiger partial charge is 0.506 e. The van der Waals surface area contributed by atoms with E-state index in [9.17, 15) is 9.90 Å². The molecule has 0 unspecified atom stereocenters. The first-order valence-electron chi connectivity index (χ1n) is 9.88. The van der Waals surface area contributed by atoms with Gasteiger partial charge in [0, 0.05) is 38.9 Å². The molecule has 0 aliphatic carbocycles. The summed E-state index contributed by atoms with van der Waals surface area (Å²) in [5, 5.41) is 9.46. The first-order chi connectivity index (χ1) is 14.0. The highest BCUT2D eigenvalue weighted by Crippen LogP contribution is 2.27. The van der Waals surface area contributed by atoms with Gasteiger partial charge >= 0.3 is 0 Å². The van der Waals surface area contributed by atoms with E-state index >= 15 is 0 Å². The molecule has 1 N–H and O–H groups in total. The van der Waals surface area contributed by atoms with Crippen molar-refractivity contribution < 1.29 is 9.90 Å². The summed E-state index contributed by atoms with van der Waals surface area (Å²) in [6.07, 6.45) is 3.08. The molecule has 4 rings (SSSR count). The second kappa shape index (κ2) is 8.49. The number of thiazole rings is 1. The zero-order valence-corrected chi connectivity index (χ0v) is 17.6. The summed E-state index contributed by atoms with van der Waals surface area (Å²) >= 11 is 1.68. The predicted octanol–water partition coefficient (Wildman–Crippen LogP) is 3.47. The van der Waals surface area contributed by atoms with Crippen LogP contribution < -0.4 is 0 Å². The summed E-state index contributed by atoms with van der Waals surface area (Å²) in [5.74, 6) is 0.111. The van der Waals surface area contributed by atoms with Crippen molar-refractivity contribution in [3.05, 3.63) is 59.5 Å². The van der Waals surface area contributed by atoms with E-state index in [1.54, 1.807) is 17.5 Å². The Hall–Kier alpha value is -2.48. The molecule has 0 radical (unpaired) electrons. The predicted molar refractivity (Wildman–Crippen MR) is 115 cm³/mol. The topological polar surface area (TPSA) is 61.6 Å². The highest BCUT2D eigenvalue weighted by Gasteiger charge is 2.26. The van der Waals surface area contributed by atoms with Gasteiger partial charge in [-0.25, -0.2) is 4.98 Å². The van der Waals surface area contributed by atoms with Crippen molar-refractivity contribution in [2.24, 2.45) is 0 Å². The van der Waals surface area contributed by atoms with E-state index in [1.807, 2.05) is 19.4 Å². The van der Waals surface area contributed by atoms with E-state index < -0.39 is 0 Å². The third-order valence-corrected chi connectivity index (χ3v) is 6.59. The number of benzene rings is 1. The molecule has 29 heavy (non-hydrogen) atoms. The molecule has 0 bridgehead atoms. The molecule has 1 aromatic carbocycles. The molecule has 1 aliphatic rings. The van der Waals surface area contributed by atoms with Crippen LogP contribution in [0.25, 0.3) is 10.4 Å². The van der Waals surface area contributed by atoms with Crippen molar-refractivity contribution >= 4 is 17.2 Å². The van der Waals surface area contributed by atoms with Gasteiger partial charge in [0.25, 0.3) is 0 Å². The van der Waals surface area contributed by atoms with Gasteiger partial charge in [0.2, 0.25) is 5.91 Å². The molecular formula is C22H26N4O2S. The Balaban J connectivity index is 1.31. The van der Waals surface area contributed by atoms with Gasteiger partial charge in [-0.3, -0.25) is 19.2 Å². The molecule has 2 aromatic heterocycles. The number of hydrogen-bond donors (Lipinski definition) is 1. The summed E-state index contributed by atoms with van der Waals surface area (Å²) < 4.78 is 1.47. The van der Waals surface area contributed by atoms with E-state index in [2.05, 4.69) is 39.0 Å². The number of aromatic nitrogens is 2. The third-order valence-electron chi connectivity index (χ3n) is 5.61. The van der Waals surface area contributed by atoms with Gasteiger partial charge in [0.1, 0.15) is 5.75 Å². The molecular weight excluding hydrogens is 384 g/mol. The average molecular weight is 411 g/mol. The van der Waals surface area contributed by atoms with Gasteiger partial charge in [-0.2, -0.15) is 0 Å². The maximum absolute atomic E-state index is 12.6. The summed E-state index contributed by atoms with van der Waals surface area (Å²) in [4.78, 5) is 22.8. The van der Waals surface area contributed by atoms with E-state index in [0.717, 1.165) is 38.4 Å². The van der Waals surface area contributed by atoms with Crippen molar-refractivity contribution in [1.82, 2.24) is 19.4 Å². The number of carbonyl (C=O) groups excluding carboxylic acids is 1. The maximum Gasteiger partial charge on any atom is 0.247 e. The van der Waals surface area contributed by atoms with Crippen LogP contribution in [0.1, 0.15) is 23.0 Å². The number of nitrogens with zero attached hydrogens (tertiary/aromatic N) is 4. The van der Waals surface area contributed by atoms with Crippen LogP contribution in [-0.2, 0) is 6.54 Å². The van der Waals surface area contributed by atoms with Gasteiger partial charge in [-0.15, -0.1) is 11.3 Å². The van der Waals surface area contributed by atoms with Crippen LogP contribution in [0.2, 0.25) is 0 Å². The standard InChI is InChI=1S/C22H26N4O2S/c1-16-21(29-15-23-16)19-5-3-18(4-6-19)13-24-9-11-25(12-10-24)17(2)22(28)26-8-7-20(27)14-26/h3-8,14-15,17,27H,9-13H2,1-2H3/t17-/m0/s1. The van der Waals surface area contributed by atoms with E-state index in [4.69, 9.17) is 0 Å². The zero-order valence-electron chi connectivity index (χ0n) is 16.8. The molecule has 152 valence electrons.